The molecule has 1 aromatic carbocycles. The number of benzene rings is 1. The van der Waals surface area contributed by atoms with Crippen LogP contribution in [0.25, 0.3) is 0 Å². The molecular weight excluding hydrogens is 297 g/mol. The smallest absolute Gasteiger partial charge is 0.320 e. The molecule has 0 aliphatic heterocycles. The zero-order valence-electron chi connectivity index (χ0n) is 8.54. The van der Waals surface area contributed by atoms with Crippen molar-refractivity contribution in [1.29, 1.82) is 0 Å². The van der Waals surface area contributed by atoms with Crippen LogP contribution in [0.4, 0.5) is 0 Å². The van der Waals surface area contributed by atoms with E-state index >= 15 is 0 Å². The lowest BCUT2D eigenvalue weighted by molar-refractivity contribution is -0.138. The van der Waals surface area contributed by atoms with Crippen molar-refractivity contribution in [1.82, 2.24) is 0 Å². The summed E-state index contributed by atoms with van der Waals surface area (Å²) in [6, 6.07) is 2.35. The lowest BCUT2D eigenvalue weighted by atomic mass is 10.1. The Labute approximate surface area is 106 Å². The molecule has 16 heavy (non-hydrogen) atoms. The molecule has 0 saturated carbocycles. The van der Waals surface area contributed by atoms with E-state index in [0.717, 1.165) is 0 Å². The number of ether oxygens (including phenoxy) is 1. The van der Waals surface area contributed by atoms with Gasteiger partial charge >= 0.3 is 5.97 Å². The van der Waals surface area contributed by atoms with Crippen molar-refractivity contribution in [3.8, 4) is 5.75 Å². The zero-order valence-corrected chi connectivity index (χ0v) is 10.9. The number of nitrogens with two attached hydrogens (primary N) is 1. The molecular formula is C10H11BrClNO3. The number of methoxy groups -OCH3 is 1. The molecule has 3 N–H and O–H groups in total. The fraction of sp³-hybridized carbons (Fsp3) is 0.300. The highest BCUT2D eigenvalue weighted by atomic mass is 79.9. The minimum Gasteiger partial charge on any atom is -0.496 e. The Hall–Kier alpha value is -0.780. The monoisotopic (exact) mass is 307 g/mol. The van der Waals surface area contributed by atoms with Crippen molar-refractivity contribution in [3.05, 3.63) is 27.2 Å². The van der Waals surface area contributed by atoms with Crippen LogP contribution >= 0.6 is 27.5 Å². The molecule has 0 fully saturated rings. The van der Waals surface area contributed by atoms with Gasteiger partial charge in [0.2, 0.25) is 0 Å². The standard InChI is InChI=1S/C10H11BrClNO3/c1-16-8-4-6(12)2-5(9(8)11)3-7(13)10(14)15/h2,4,7H,3,13H2,1H3,(H,14,15). The van der Waals surface area contributed by atoms with Gasteiger partial charge in [0.15, 0.2) is 0 Å². The van der Waals surface area contributed by atoms with Crippen molar-refractivity contribution in [2.24, 2.45) is 5.73 Å². The van der Waals surface area contributed by atoms with Crippen LogP contribution < -0.4 is 10.5 Å². The Morgan fingerprint density at radius 1 is 1.69 bits per heavy atom. The minimum absolute atomic E-state index is 0.187. The van der Waals surface area contributed by atoms with Crippen LogP contribution in [-0.2, 0) is 11.2 Å². The van der Waals surface area contributed by atoms with Crippen LogP contribution in [0.5, 0.6) is 5.75 Å². The molecule has 6 heteroatoms. The Bertz CT molecular complexity index is 411. The molecule has 0 aliphatic rings. The second-order valence-electron chi connectivity index (χ2n) is 3.23. The van der Waals surface area contributed by atoms with Crippen molar-refractivity contribution in [2.45, 2.75) is 12.5 Å². The Balaban J connectivity index is 3.04. The maximum Gasteiger partial charge on any atom is 0.320 e. The molecule has 1 aromatic rings. The molecule has 0 amide bonds. The van der Waals surface area contributed by atoms with Gasteiger partial charge < -0.3 is 15.6 Å². The van der Waals surface area contributed by atoms with Crippen molar-refractivity contribution < 1.29 is 14.6 Å². The van der Waals surface area contributed by atoms with Gasteiger partial charge in [-0.05, 0) is 40.0 Å². The summed E-state index contributed by atoms with van der Waals surface area (Å²) in [4.78, 5) is 10.6. The normalized spacial score (nSPS) is 12.2. The van der Waals surface area contributed by atoms with Gasteiger partial charge in [-0.2, -0.15) is 0 Å². The van der Waals surface area contributed by atoms with Crippen molar-refractivity contribution in [3.63, 3.8) is 0 Å². The van der Waals surface area contributed by atoms with E-state index < -0.39 is 12.0 Å². The van der Waals surface area contributed by atoms with E-state index in [-0.39, 0.29) is 6.42 Å². The first-order valence-electron chi connectivity index (χ1n) is 4.46. The quantitative estimate of drug-likeness (QED) is 0.893. The van der Waals surface area contributed by atoms with E-state index in [4.69, 9.17) is 27.2 Å². The van der Waals surface area contributed by atoms with Gasteiger partial charge in [0.1, 0.15) is 11.8 Å². The third kappa shape index (κ3) is 3.10. The van der Waals surface area contributed by atoms with Crippen LogP contribution in [-0.4, -0.2) is 24.2 Å². The first kappa shape index (κ1) is 13.3. The molecule has 0 radical (unpaired) electrons. The summed E-state index contributed by atoms with van der Waals surface area (Å²) in [6.07, 6.45) is 0.187. The Kier molecular flexibility index (Phi) is 4.58. The summed E-state index contributed by atoms with van der Waals surface area (Å²) in [5, 5.41) is 9.20. The second-order valence-corrected chi connectivity index (χ2v) is 4.46. The molecule has 0 heterocycles. The predicted molar refractivity (Wildman–Crippen MR) is 65.0 cm³/mol. The summed E-state index contributed by atoms with van der Waals surface area (Å²) in [6.45, 7) is 0. The molecule has 4 nitrogen and oxygen atoms in total. The second kappa shape index (κ2) is 5.52. The maximum absolute atomic E-state index is 10.6. The summed E-state index contributed by atoms with van der Waals surface area (Å²) < 4.78 is 5.77. The molecule has 0 aliphatic carbocycles. The number of halogens is 2. The molecule has 1 rings (SSSR count). The fourth-order valence-electron chi connectivity index (χ4n) is 1.24. The van der Waals surface area contributed by atoms with Gasteiger partial charge in [0.25, 0.3) is 0 Å². The topological polar surface area (TPSA) is 72.5 Å². The van der Waals surface area contributed by atoms with E-state index in [1.54, 1.807) is 12.1 Å². The van der Waals surface area contributed by atoms with Crippen LogP contribution in [0.15, 0.2) is 16.6 Å². The zero-order chi connectivity index (χ0) is 12.3. The molecule has 88 valence electrons. The number of carboxylic acids is 1. The maximum atomic E-state index is 10.6. The highest BCUT2D eigenvalue weighted by Gasteiger charge is 2.16. The SMILES string of the molecule is COc1cc(Cl)cc(CC(N)C(=O)O)c1Br. The molecule has 1 atom stereocenters. The van der Waals surface area contributed by atoms with E-state index in [2.05, 4.69) is 15.9 Å². The van der Waals surface area contributed by atoms with Gasteiger partial charge in [0, 0.05) is 5.02 Å². The number of rotatable bonds is 4. The minimum atomic E-state index is -1.05. The van der Waals surface area contributed by atoms with Crippen LogP contribution in [0, 0.1) is 0 Å². The number of carboxylic acid groups (broad SMARTS) is 1. The Morgan fingerprint density at radius 3 is 2.81 bits per heavy atom. The number of carbonyl (C=O) groups is 1. The summed E-state index contributed by atoms with van der Waals surface area (Å²) >= 11 is 9.20. The highest BCUT2D eigenvalue weighted by molar-refractivity contribution is 9.10. The van der Waals surface area contributed by atoms with Gasteiger partial charge in [-0.25, -0.2) is 0 Å². The molecule has 1 unspecified atom stereocenters. The average molecular weight is 309 g/mol. The van der Waals surface area contributed by atoms with Crippen LogP contribution in [0.1, 0.15) is 5.56 Å². The largest absolute Gasteiger partial charge is 0.496 e. The third-order valence-electron chi connectivity index (χ3n) is 2.06. The van der Waals surface area contributed by atoms with Gasteiger partial charge in [0.05, 0.1) is 11.6 Å². The first-order chi connectivity index (χ1) is 7.45. The molecule has 0 aromatic heterocycles. The van der Waals surface area contributed by atoms with E-state index in [0.29, 0.717) is 20.8 Å². The van der Waals surface area contributed by atoms with Crippen LogP contribution in [0.2, 0.25) is 5.02 Å². The molecule has 0 bridgehead atoms. The predicted octanol–water partition coefficient (Wildman–Crippen LogP) is 2.07. The lowest BCUT2D eigenvalue weighted by Crippen LogP contribution is -2.32. The molecule has 0 saturated heterocycles. The first-order valence-corrected chi connectivity index (χ1v) is 5.63. The van der Waals surface area contributed by atoms with E-state index in [1.807, 2.05) is 0 Å². The van der Waals surface area contributed by atoms with E-state index in [1.165, 1.54) is 7.11 Å². The third-order valence-corrected chi connectivity index (χ3v) is 3.17. The van der Waals surface area contributed by atoms with Gasteiger partial charge in [-0.3, -0.25) is 4.79 Å². The summed E-state index contributed by atoms with van der Waals surface area (Å²) in [5.74, 6) is -0.495. The van der Waals surface area contributed by atoms with Crippen molar-refractivity contribution in [2.75, 3.05) is 7.11 Å². The number of hydrogen-bond acceptors (Lipinski definition) is 3. The molecule has 0 spiro atoms. The fourth-order valence-corrected chi connectivity index (χ4v) is 2.02. The van der Waals surface area contributed by atoms with E-state index in [9.17, 15) is 4.79 Å². The summed E-state index contributed by atoms with van der Waals surface area (Å²) in [7, 11) is 1.51. The highest BCUT2D eigenvalue weighted by Crippen LogP contribution is 2.32. The summed E-state index contributed by atoms with van der Waals surface area (Å²) in [5.41, 5.74) is 6.16. The van der Waals surface area contributed by atoms with Gasteiger partial charge in [-0.15, -0.1) is 0 Å². The lowest BCUT2D eigenvalue weighted by Gasteiger charge is -2.12. The van der Waals surface area contributed by atoms with Gasteiger partial charge in [-0.1, -0.05) is 11.6 Å². The average Bonchev–Trinajstić information content (AvgIpc) is 2.22. The van der Waals surface area contributed by atoms with Crippen LogP contribution in [0.3, 0.4) is 0 Å². The number of hydrogen-bond donors (Lipinski definition) is 2. The number of aliphatic carboxylic acids is 1. The van der Waals surface area contributed by atoms with Crippen molar-refractivity contribution >= 4 is 33.5 Å². The Morgan fingerprint density at radius 2 is 2.31 bits per heavy atom.